The van der Waals surface area contributed by atoms with Crippen molar-refractivity contribution in [3.8, 4) is 0 Å². The fraction of sp³-hybridized carbons (Fsp3) is 0. The van der Waals surface area contributed by atoms with E-state index >= 15 is 0 Å². The van der Waals surface area contributed by atoms with E-state index in [1.165, 1.54) is 0 Å². The topological polar surface area (TPSA) is 0 Å². The van der Waals surface area contributed by atoms with E-state index in [-0.39, 0.29) is 191 Å². The molecule has 0 atom stereocenters. The van der Waals surface area contributed by atoms with Gasteiger partial charge in [-0.3, -0.25) is 0 Å². The summed E-state index contributed by atoms with van der Waals surface area (Å²) in [6.45, 7) is 0. The minimum Gasteiger partial charge on any atom is -1.00 e. The summed E-state index contributed by atoms with van der Waals surface area (Å²) in [5, 5.41) is 0. The smallest absolute Gasteiger partial charge is 1.00 e. The van der Waals surface area contributed by atoms with Gasteiger partial charge >= 0.3 is 94.7 Å². The zero-order valence-corrected chi connectivity index (χ0v) is 19.8. The molecule has 0 bridgehead atoms. The van der Waals surface area contributed by atoms with Gasteiger partial charge in [0, 0.05) is 0 Å². The minimum absolute atomic E-state index is 0. The molecule has 0 aromatic rings. The van der Waals surface area contributed by atoms with Gasteiger partial charge in [0.05, 0.1) is 0 Å². The maximum absolute atomic E-state index is 0. The summed E-state index contributed by atoms with van der Waals surface area (Å²) in [6.07, 6.45) is 0. The van der Waals surface area contributed by atoms with Gasteiger partial charge in [-0.1, -0.05) is 0 Å². The molecule has 32 valence electrons. The van der Waals surface area contributed by atoms with Crippen molar-refractivity contribution < 1.29 is 191 Å². The van der Waals surface area contributed by atoms with Crippen molar-refractivity contribution in [3.05, 3.63) is 0 Å². The van der Waals surface area contributed by atoms with E-state index in [1.807, 2.05) is 0 Å². The summed E-state index contributed by atoms with van der Waals surface area (Å²) in [4.78, 5) is 0. The maximum atomic E-state index is 0. The normalized spacial score (nSPS) is 0. The maximum Gasteiger partial charge on any atom is 3.00 e. The van der Waals surface area contributed by atoms with Gasteiger partial charge < -0.3 is 95.9 Å². The second-order valence-electron chi connectivity index (χ2n) is 0. The van der Waals surface area contributed by atoms with Crippen LogP contribution in [0.25, 0.3) is 0 Å². The van der Waals surface area contributed by atoms with Gasteiger partial charge in [-0.2, -0.15) is 0 Å². The van der Waals surface area contributed by atoms with Crippen LogP contribution in [0.3, 0.4) is 0 Å². The van der Waals surface area contributed by atoms with Crippen molar-refractivity contribution in [2.45, 2.75) is 0 Å². The first-order valence-electron chi connectivity index (χ1n) is 0. The van der Waals surface area contributed by atoms with E-state index < -0.39 is 0 Å². The second-order valence-corrected chi connectivity index (χ2v) is 0. The summed E-state index contributed by atoms with van der Waals surface area (Å²) in [7, 11) is 0. The minimum atomic E-state index is 0. The monoisotopic (exact) mass is 685 g/mol. The number of hydrogen-bond donors (Lipinski definition) is 0. The SMILES string of the molecule is [Cs+].[I-].[I-].[I-].[I-].[Sc+3]. The van der Waals surface area contributed by atoms with E-state index in [4.69, 9.17) is 0 Å². The molecule has 0 rings (SSSR count). The molecule has 0 radical (unpaired) electrons. The van der Waals surface area contributed by atoms with Gasteiger partial charge in [0.15, 0.2) is 0 Å². The Hall–Kier alpha value is 5.84. The molecule has 6 heteroatoms. The van der Waals surface area contributed by atoms with Crippen molar-refractivity contribution in [2.75, 3.05) is 0 Å². The molecular formula is CsI4Sc. The summed E-state index contributed by atoms with van der Waals surface area (Å²) in [6, 6.07) is 0. The summed E-state index contributed by atoms with van der Waals surface area (Å²) >= 11 is 0. The zero-order chi connectivity index (χ0) is 0. The van der Waals surface area contributed by atoms with E-state index in [0.717, 1.165) is 0 Å². The first-order chi connectivity index (χ1) is 0. The number of hydrogen-bond acceptors (Lipinski definition) is 0. The Morgan fingerprint density at radius 3 is 0.500 bits per heavy atom. The van der Waals surface area contributed by atoms with Crippen LogP contribution in [0.1, 0.15) is 0 Å². The molecule has 0 aromatic heterocycles. The van der Waals surface area contributed by atoms with Crippen molar-refractivity contribution >= 4 is 0 Å². The quantitative estimate of drug-likeness (QED) is 0.223. The molecule has 0 aliphatic rings. The largest absolute Gasteiger partial charge is 3.00 e. The molecule has 0 spiro atoms. The van der Waals surface area contributed by atoms with Crippen molar-refractivity contribution in [2.24, 2.45) is 0 Å². The van der Waals surface area contributed by atoms with E-state index in [9.17, 15) is 0 Å². The van der Waals surface area contributed by atoms with E-state index in [1.54, 1.807) is 0 Å². The second kappa shape index (κ2) is 30.8. The van der Waals surface area contributed by atoms with Gasteiger partial charge in [-0.25, -0.2) is 0 Å². The van der Waals surface area contributed by atoms with Gasteiger partial charge in [0.1, 0.15) is 0 Å². The number of halogens is 4. The molecule has 0 heterocycles. The van der Waals surface area contributed by atoms with Crippen LogP contribution in [0.5, 0.6) is 0 Å². The molecule has 0 N–H and O–H groups in total. The molecule has 0 saturated carbocycles. The predicted molar refractivity (Wildman–Crippen MR) is 0 cm³/mol. The van der Waals surface area contributed by atoms with Gasteiger partial charge in [0.25, 0.3) is 0 Å². The van der Waals surface area contributed by atoms with Crippen LogP contribution in [-0.4, -0.2) is 0 Å². The molecule has 0 amide bonds. The Labute approximate surface area is 184 Å². The molecule has 0 unspecified atom stereocenters. The molecular weight excluding hydrogens is 685 g/mol. The Balaban J connectivity index is 0. The Kier molecular flexibility index (Phi) is 209. The summed E-state index contributed by atoms with van der Waals surface area (Å²) in [5.74, 6) is 0. The van der Waals surface area contributed by atoms with Crippen molar-refractivity contribution in [1.29, 1.82) is 0 Å². The fourth-order valence-corrected chi connectivity index (χ4v) is 0. The number of rotatable bonds is 0. The molecule has 6 heavy (non-hydrogen) atoms. The van der Waals surface area contributed by atoms with Gasteiger partial charge in [-0.05, 0) is 0 Å². The van der Waals surface area contributed by atoms with Crippen LogP contribution in [0.2, 0.25) is 0 Å². The van der Waals surface area contributed by atoms with Crippen LogP contribution in [0.15, 0.2) is 0 Å². The van der Waals surface area contributed by atoms with Crippen LogP contribution in [-0.2, 0) is 25.8 Å². The average Bonchev–Trinajstić information content (AvgIpc) is 0. The van der Waals surface area contributed by atoms with Crippen molar-refractivity contribution in [3.63, 3.8) is 0 Å². The molecule has 0 fully saturated rings. The third-order valence-corrected chi connectivity index (χ3v) is 0. The molecule has 0 nitrogen and oxygen atoms in total. The van der Waals surface area contributed by atoms with E-state index in [0.29, 0.717) is 0 Å². The zero-order valence-electron chi connectivity index (χ0n) is 3.09. The first-order valence-corrected chi connectivity index (χ1v) is 0. The van der Waals surface area contributed by atoms with Crippen LogP contribution in [0, 0.1) is 0 Å². The third-order valence-electron chi connectivity index (χ3n) is 0. The van der Waals surface area contributed by atoms with Crippen molar-refractivity contribution in [1.82, 2.24) is 0 Å². The first kappa shape index (κ1) is 40.8. The standard InChI is InChI=1S/Cs.4HI.Sc/h;4*1H;/q+1;;;;;+3/p-4. The van der Waals surface area contributed by atoms with Gasteiger partial charge in [-0.15, -0.1) is 0 Å². The third kappa shape index (κ3) is 22.5. The molecule has 0 aromatic carbocycles. The Morgan fingerprint density at radius 2 is 0.500 bits per heavy atom. The Morgan fingerprint density at radius 1 is 0.500 bits per heavy atom. The average molecular weight is 685 g/mol. The van der Waals surface area contributed by atoms with Gasteiger partial charge in [0.2, 0.25) is 0 Å². The van der Waals surface area contributed by atoms with Crippen LogP contribution < -0.4 is 165 Å². The summed E-state index contributed by atoms with van der Waals surface area (Å²) < 4.78 is 0. The molecule has 0 saturated heterocycles. The van der Waals surface area contributed by atoms with E-state index in [2.05, 4.69) is 0 Å². The fourth-order valence-electron chi connectivity index (χ4n) is 0. The summed E-state index contributed by atoms with van der Waals surface area (Å²) in [5.41, 5.74) is 0. The Bertz CT molecular complexity index is 7.51. The molecule has 0 aliphatic carbocycles. The van der Waals surface area contributed by atoms with Crippen LogP contribution in [0.4, 0.5) is 0 Å². The van der Waals surface area contributed by atoms with Crippen LogP contribution >= 0.6 is 0 Å². The molecule has 0 aliphatic heterocycles. The predicted octanol–water partition coefficient (Wildman–Crippen LogP) is -15.0.